The molecular formula is C26H29FN4O2S. The number of hydrogen-bond donors (Lipinski definition) is 1. The Hall–Kier alpha value is -2.76. The monoisotopic (exact) mass is 480 g/mol. The van der Waals surface area contributed by atoms with Gasteiger partial charge in [0.1, 0.15) is 16.8 Å². The minimum absolute atomic E-state index is 0.0651. The van der Waals surface area contributed by atoms with Crippen LogP contribution in [-0.4, -0.2) is 23.5 Å². The second-order valence-electron chi connectivity index (χ2n) is 10.5. The Labute approximate surface area is 199 Å². The molecule has 3 aromatic rings. The standard InChI is InChI=1S/C26H29FN4O2S/c1-26(2,3)30-34(32,33)18-10-11-23(29-15-18)25-21(14-28)20-12-22(27)19(16-8-9-16)13-24(20)31(25)17-6-4-5-7-17/h10-13,15-17,30H,4-9H2,1-3H3. The van der Waals surface area contributed by atoms with Crippen LogP contribution in [0.5, 0.6) is 0 Å². The molecule has 2 saturated carbocycles. The Morgan fingerprint density at radius 1 is 1.15 bits per heavy atom. The molecule has 0 radical (unpaired) electrons. The lowest BCUT2D eigenvalue weighted by Crippen LogP contribution is -2.40. The van der Waals surface area contributed by atoms with Gasteiger partial charge in [-0.25, -0.2) is 17.5 Å². The van der Waals surface area contributed by atoms with E-state index in [0.717, 1.165) is 49.6 Å². The molecule has 0 amide bonds. The van der Waals surface area contributed by atoms with Crippen molar-refractivity contribution in [2.75, 3.05) is 0 Å². The van der Waals surface area contributed by atoms with Gasteiger partial charge in [-0.2, -0.15) is 5.26 Å². The first-order chi connectivity index (χ1) is 16.1. The number of nitriles is 1. The Kier molecular flexibility index (Phi) is 5.53. The molecule has 0 saturated heterocycles. The van der Waals surface area contributed by atoms with E-state index >= 15 is 0 Å². The lowest BCUT2D eigenvalue weighted by atomic mass is 10.0. The predicted octanol–water partition coefficient (Wildman–Crippen LogP) is 5.78. The van der Waals surface area contributed by atoms with Crippen molar-refractivity contribution >= 4 is 20.9 Å². The maximum absolute atomic E-state index is 15.0. The Morgan fingerprint density at radius 2 is 1.85 bits per heavy atom. The molecule has 2 aliphatic carbocycles. The van der Waals surface area contributed by atoms with Crippen molar-refractivity contribution in [1.29, 1.82) is 5.26 Å². The van der Waals surface area contributed by atoms with E-state index < -0.39 is 15.6 Å². The largest absolute Gasteiger partial charge is 0.335 e. The van der Waals surface area contributed by atoms with Crippen LogP contribution in [0.4, 0.5) is 4.39 Å². The first-order valence-corrected chi connectivity index (χ1v) is 13.4. The number of nitrogens with zero attached hydrogens (tertiary/aromatic N) is 3. The highest BCUT2D eigenvalue weighted by atomic mass is 32.2. The van der Waals surface area contributed by atoms with E-state index in [9.17, 15) is 18.1 Å². The maximum atomic E-state index is 15.0. The van der Waals surface area contributed by atoms with Gasteiger partial charge in [-0.3, -0.25) is 4.98 Å². The number of pyridine rings is 1. The first kappa shape index (κ1) is 23.0. The zero-order chi connectivity index (χ0) is 24.3. The van der Waals surface area contributed by atoms with Crippen LogP contribution in [-0.2, 0) is 10.0 Å². The fourth-order valence-electron chi connectivity index (χ4n) is 5.10. The number of hydrogen-bond acceptors (Lipinski definition) is 4. The summed E-state index contributed by atoms with van der Waals surface area (Å²) in [5.41, 5.74) is 2.52. The summed E-state index contributed by atoms with van der Waals surface area (Å²) in [4.78, 5) is 4.55. The molecule has 178 valence electrons. The molecule has 1 N–H and O–H groups in total. The summed E-state index contributed by atoms with van der Waals surface area (Å²) in [7, 11) is -3.73. The van der Waals surface area contributed by atoms with Gasteiger partial charge in [0.15, 0.2) is 0 Å². The molecule has 6 nitrogen and oxygen atoms in total. The fourth-order valence-corrected chi connectivity index (χ4v) is 6.46. The Morgan fingerprint density at radius 3 is 2.41 bits per heavy atom. The molecule has 1 aromatic carbocycles. The van der Waals surface area contributed by atoms with E-state index in [4.69, 9.17) is 0 Å². The van der Waals surface area contributed by atoms with Crippen LogP contribution in [0.1, 0.15) is 82.4 Å². The molecule has 8 heteroatoms. The summed E-state index contributed by atoms with van der Waals surface area (Å²) >= 11 is 0. The zero-order valence-corrected chi connectivity index (χ0v) is 20.5. The van der Waals surface area contributed by atoms with Gasteiger partial charge in [0.25, 0.3) is 0 Å². The van der Waals surface area contributed by atoms with Crippen LogP contribution in [0, 0.1) is 17.1 Å². The summed E-state index contributed by atoms with van der Waals surface area (Å²) < 4.78 is 45.2. The Balaban J connectivity index is 1.68. The van der Waals surface area contributed by atoms with E-state index in [1.54, 1.807) is 26.8 Å². The SMILES string of the molecule is CC(C)(C)NS(=O)(=O)c1ccc(-c2c(C#N)c3cc(F)c(C4CC4)cc3n2C2CCCC2)nc1. The third kappa shape index (κ3) is 4.12. The molecule has 34 heavy (non-hydrogen) atoms. The molecule has 0 unspecified atom stereocenters. The maximum Gasteiger partial charge on any atom is 0.242 e. The van der Waals surface area contributed by atoms with Gasteiger partial charge < -0.3 is 4.57 Å². The van der Waals surface area contributed by atoms with Gasteiger partial charge in [0.2, 0.25) is 10.0 Å². The lowest BCUT2D eigenvalue weighted by Gasteiger charge is -2.20. The zero-order valence-electron chi connectivity index (χ0n) is 19.7. The summed E-state index contributed by atoms with van der Waals surface area (Å²) in [6.07, 6.45) is 7.49. The van der Waals surface area contributed by atoms with Gasteiger partial charge >= 0.3 is 0 Å². The molecule has 2 heterocycles. The van der Waals surface area contributed by atoms with Crippen LogP contribution < -0.4 is 4.72 Å². The summed E-state index contributed by atoms with van der Waals surface area (Å²) in [5, 5.41) is 10.7. The lowest BCUT2D eigenvalue weighted by molar-refractivity contribution is 0.491. The number of aromatic nitrogens is 2. The number of fused-ring (bicyclic) bond motifs is 1. The van der Waals surface area contributed by atoms with E-state index in [-0.39, 0.29) is 22.7 Å². The average Bonchev–Trinajstić information content (AvgIpc) is 3.36. The normalized spacial score (nSPS) is 17.4. The first-order valence-electron chi connectivity index (χ1n) is 11.9. The molecule has 0 aliphatic heterocycles. The highest BCUT2D eigenvalue weighted by Crippen LogP contribution is 2.46. The number of halogens is 1. The molecule has 5 rings (SSSR count). The molecule has 2 aromatic heterocycles. The molecule has 2 fully saturated rings. The van der Waals surface area contributed by atoms with Crippen LogP contribution in [0.15, 0.2) is 35.4 Å². The van der Waals surface area contributed by atoms with Crippen LogP contribution in [0.2, 0.25) is 0 Å². The van der Waals surface area contributed by atoms with Gasteiger partial charge in [-0.05, 0) is 82.2 Å². The van der Waals surface area contributed by atoms with Gasteiger partial charge in [0.05, 0.1) is 22.5 Å². The van der Waals surface area contributed by atoms with E-state index in [1.807, 2.05) is 6.07 Å². The van der Waals surface area contributed by atoms with E-state index in [1.165, 1.54) is 18.3 Å². The quantitative estimate of drug-likeness (QED) is 0.501. The van der Waals surface area contributed by atoms with E-state index in [2.05, 4.69) is 20.3 Å². The fraction of sp³-hybridized carbons (Fsp3) is 0.462. The van der Waals surface area contributed by atoms with Crippen LogP contribution in [0.3, 0.4) is 0 Å². The highest BCUT2D eigenvalue weighted by Gasteiger charge is 2.32. The van der Waals surface area contributed by atoms with E-state index in [0.29, 0.717) is 22.3 Å². The number of nitrogens with one attached hydrogen (secondary N) is 1. The van der Waals surface area contributed by atoms with Crippen LogP contribution in [0.25, 0.3) is 22.3 Å². The van der Waals surface area contributed by atoms with Crippen molar-refractivity contribution in [2.45, 2.75) is 81.7 Å². The molecule has 0 bridgehead atoms. The summed E-state index contributed by atoms with van der Waals surface area (Å²) in [6, 6.07) is 9.09. The number of benzene rings is 1. The highest BCUT2D eigenvalue weighted by molar-refractivity contribution is 7.89. The average molecular weight is 481 g/mol. The van der Waals surface area contributed by atoms with Gasteiger partial charge in [-0.1, -0.05) is 12.8 Å². The summed E-state index contributed by atoms with van der Waals surface area (Å²) in [6.45, 7) is 5.34. The van der Waals surface area contributed by atoms with Crippen LogP contribution >= 0.6 is 0 Å². The molecule has 0 spiro atoms. The van der Waals surface area contributed by atoms with Crippen molar-refractivity contribution in [2.24, 2.45) is 0 Å². The predicted molar refractivity (Wildman–Crippen MR) is 129 cm³/mol. The third-order valence-corrected chi connectivity index (χ3v) is 8.41. The van der Waals surface area contributed by atoms with Crippen molar-refractivity contribution in [3.8, 4) is 17.5 Å². The second kappa shape index (κ2) is 8.17. The third-order valence-electron chi connectivity index (χ3n) is 6.67. The van der Waals surface area contributed by atoms with Gasteiger partial charge in [-0.15, -0.1) is 0 Å². The summed E-state index contributed by atoms with van der Waals surface area (Å²) in [5.74, 6) is -0.00692. The Bertz CT molecular complexity index is 1400. The van der Waals surface area contributed by atoms with Crippen molar-refractivity contribution in [3.63, 3.8) is 0 Å². The van der Waals surface area contributed by atoms with Crippen molar-refractivity contribution in [3.05, 3.63) is 47.4 Å². The van der Waals surface area contributed by atoms with Gasteiger partial charge in [0, 0.05) is 23.2 Å². The number of rotatable bonds is 5. The molecular weight excluding hydrogens is 451 g/mol. The molecule has 0 atom stereocenters. The van der Waals surface area contributed by atoms with Crippen molar-refractivity contribution in [1.82, 2.24) is 14.3 Å². The smallest absolute Gasteiger partial charge is 0.242 e. The van der Waals surface area contributed by atoms with Crippen molar-refractivity contribution < 1.29 is 12.8 Å². The second-order valence-corrected chi connectivity index (χ2v) is 12.2. The number of sulfonamides is 1. The minimum atomic E-state index is -3.73. The topological polar surface area (TPSA) is 87.8 Å². The molecule has 2 aliphatic rings. The minimum Gasteiger partial charge on any atom is -0.335 e.